The van der Waals surface area contributed by atoms with Crippen LogP contribution < -0.4 is 10.2 Å². The Bertz CT molecular complexity index is 462. The average Bonchev–Trinajstić information content (AvgIpc) is 2.58. The van der Waals surface area contributed by atoms with Gasteiger partial charge < -0.3 is 15.3 Å². The molecule has 23 heavy (non-hydrogen) atoms. The van der Waals surface area contributed by atoms with Crippen LogP contribution in [0, 0.1) is 5.41 Å². The SMILES string of the molecule is CCN(CC)c1ccc([C@H](N2CCNCC2)C(C)(C)CO)cc1. The molecule has 0 bridgehead atoms. The third-order valence-electron chi connectivity index (χ3n) is 5.00. The summed E-state index contributed by atoms with van der Waals surface area (Å²) in [6.45, 7) is 15.1. The van der Waals surface area contributed by atoms with Crippen molar-refractivity contribution in [3.8, 4) is 0 Å². The molecule has 0 amide bonds. The van der Waals surface area contributed by atoms with Gasteiger partial charge in [0.05, 0.1) is 0 Å². The van der Waals surface area contributed by atoms with Gasteiger partial charge in [0.2, 0.25) is 0 Å². The fourth-order valence-corrected chi connectivity index (χ4v) is 3.64. The first-order chi connectivity index (χ1) is 11.0. The first kappa shape index (κ1) is 18.2. The lowest BCUT2D eigenvalue weighted by Gasteiger charge is -2.43. The van der Waals surface area contributed by atoms with Crippen molar-refractivity contribution in [1.82, 2.24) is 10.2 Å². The van der Waals surface area contributed by atoms with E-state index in [1.165, 1.54) is 11.3 Å². The first-order valence-electron chi connectivity index (χ1n) is 8.94. The molecular formula is C19H33N3O. The molecule has 1 aliphatic rings. The molecule has 0 aliphatic carbocycles. The lowest BCUT2D eigenvalue weighted by molar-refractivity contribution is 0.0305. The summed E-state index contributed by atoms with van der Waals surface area (Å²) in [6.07, 6.45) is 0. The highest BCUT2D eigenvalue weighted by Crippen LogP contribution is 2.38. The smallest absolute Gasteiger partial charge is 0.0500 e. The Labute approximate surface area is 141 Å². The second-order valence-electron chi connectivity index (χ2n) is 7.10. The van der Waals surface area contributed by atoms with Gasteiger partial charge in [-0.15, -0.1) is 0 Å². The first-order valence-corrected chi connectivity index (χ1v) is 8.94. The van der Waals surface area contributed by atoms with Crippen molar-refractivity contribution >= 4 is 5.69 Å². The zero-order chi connectivity index (χ0) is 16.9. The van der Waals surface area contributed by atoms with Gasteiger partial charge in [0.1, 0.15) is 0 Å². The summed E-state index contributed by atoms with van der Waals surface area (Å²) in [5.74, 6) is 0. The molecule has 0 spiro atoms. The minimum absolute atomic E-state index is 0.159. The van der Waals surface area contributed by atoms with E-state index in [0.717, 1.165) is 39.3 Å². The number of aliphatic hydroxyl groups excluding tert-OH is 1. The number of piperazine rings is 1. The summed E-state index contributed by atoms with van der Waals surface area (Å²) in [6, 6.07) is 9.20. The molecule has 1 saturated heterocycles. The van der Waals surface area contributed by atoms with Crippen LogP contribution in [0.2, 0.25) is 0 Å². The molecule has 1 aromatic rings. The zero-order valence-corrected chi connectivity index (χ0v) is 15.2. The summed E-state index contributed by atoms with van der Waals surface area (Å²) < 4.78 is 0. The Balaban J connectivity index is 2.28. The van der Waals surface area contributed by atoms with E-state index in [1.807, 2.05) is 0 Å². The van der Waals surface area contributed by atoms with Gasteiger partial charge in [-0.25, -0.2) is 0 Å². The minimum Gasteiger partial charge on any atom is -0.396 e. The molecule has 1 heterocycles. The standard InChI is InChI=1S/C19H33N3O/c1-5-21(6-2)17-9-7-16(8-10-17)18(19(3,4)15-23)22-13-11-20-12-14-22/h7-10,18,20,23H,5-6,11-15H2,1-4H3/t18-/m0/s1. The van der Waals surface area contributed by atoms with Gasteiger partial charge in [0, 0.05) is 63.0 Å². The Morgan fingerprint density at radius 3 is 2.17 bits per heavy atom. The molecule has 2 rings (SSSR count). The molecule has 0 radical (unpaired) electrons. The van der Waals surface area contributed by atoms with Gasteiger partial charge in [0.25, 0.3) is 0 Å². The molecule has 0 aromatic heterocycles. The number of nitrogens with zero attached hydrogens (tertiary/aromatic N) is 2. The monoisotopic (exact) mass is 319 g/mol. The van der Waals surface area contributed by atoms with Gasteiger partial charge in [-0.05, 0) is 31.5 Å². The van der Waals surface area contributed by atoms with Gasteiger partial charge in [-0.1, -0.05) is 26.0 Å². The quantitative estimate of drug-likeness (QED) is 0.810. The number of benzene rings is 1. The Hall–Kier alpha value is -1.10. The van der Waals surface area contributed by atoms with Crippen LogP contribution in [-0.2, 0) is 0 Å². The van der Waals surface area contributed by atoms with E-state index in [9.17, 15) is 5.11 Å². The summed E-state index contributed by atoms with van der Waals surface area (Å²) in [5.41, 5.74) is 2.43. The van der Waals surface area contributed by atoms with Crippen LogP contribution in [0.4, 0.5) is 5.69 Å². The predicted molar refractivity (Wildman–Crippen MR) is 98.1 cm³/mol. The van der Waals surface area contributed by atoms with Gasteiger partial charge in [-0.3, -0.25) is 4.90 Å². The molecule has 1 aromatic carbocycles. The average molecular weight is 319 g/mol. The van der Waals surface area contributed by atoms with Crippen molar-refractivity contribution in [2.24, 2.45) is 5.41 Å². The Morgan fingerprint density at radius 2 is 1.70 bits per heavy atom. The van der Waals surface area contributed by atoms with Gasteiger partial charge >= 0.3 is 0 Å². The van der Waals surface area contributed by atoms with Gasteiger partial charge in [-0.2, -0.15) is 0 Å². The topological polar surface area (TPSA) is 38.7 Å². The molecule has 4 heteroatoms. The summed E-state index contributed by atoms with van der Waals surface area (Å²) in [5, 5.41) is 13.3. The molecular weight excluding hydrogens is 286 g/mol. The zero-order valence-electron chi connectivity index (χ0n) is 15.2. The van der Waals surface area contributed by atoms with Crippen LogP contribution in [0.1, 0.15) is 39.3 Å². The van der Waals surface area contributed by atoms with E-state index in [0.29, 0.717) is 0 Å². The van der Waals surface area contributed by atoms with Crippen molar-refractivity contribution in [1.29, 1.82) is 0 Å². The number of nitrogens with one attached hydrogen (secondary N) is 1. The van der Waals surface area contributed by atoms with E-state index in [4.69, 9.17) is 0 Å². The van der Waals surface area contributed by atoms with Crippen molar-refractivity contribution in [2.45, 2.75) is 33.7 Å². The third kappa shape index (κ3) is 4.25. The molecule has 1 atom stereocenters. The largest absolute Gasteiger partial charge is 0.396 e. The normalized spacial score (nSPS) is 18.0. The molecule has 0 saturated carbocycles. The van der Waals surface area contributed by atoms with Crippen molar-refractivity contribution in [3.63, 3.8) is 0 Å². The summed E-state index contributed by atoms with van der Waals surface area (Å²) in [4.78, 5) is 4.87. The maximum absolute atomic E-state index is 9.92. The highest BCUT2D eigenvalue weighted by atomic mass is 16.3. The maximum atomic E-state index is 9.92. The Morgan fingerprint density at radius 1 is 1.13 bits per heavy atom. The van der Waals surface area contributed by atoms with Crippen molar-refractivity contribution in [3.05, 3.63) is 29.8 Å². The fourth-order valence-electron chi connectivity index (χ4n) is 3.64. The molecule has 130 valence electrons. The van der Waals surface area contributed by atoms with E-state index < -0.39 is 0 Å². The van der Waals surface area contributed by atoms with Crippen molar-refractivity contribution < 1.29 is 5.11 Å². The van der Waals surface area contributed by atoms with Gasteiger partial charge in [0.15, 0.2) is 0 Å². The van der Waals surface area contributed by atoms with Crippen LogP contribution in [0.5, 0.6) is 0 Å². The number of aliphatic hydroxyl groups is 1. The lowest BCUT2D eigenvalue weighted by atomic mass is 9.79. The number of rotatable bonds is 7. The van der Waals surface area contributed by atoms with Crippen LogP contribution in [0.25, 0.3) is 0 Å². The molecule has 2 N–H and O–H groups in total. The molecule has 1 fully saturated rings. The molecule has 1 aliphatic heterocycles. The minimum atomic E-state index is -0.159. The number of anilines is 1. The lowest BCUT2D eigenvalue weighted by Crippen LogP contribution is -2.49. The summed E-state index contributed by atoms with van der Waals surface area (Å²) in [7, 11) is 0. The molecule has 0 unspecified atom stereocenters. The van der Waals surface area contributed by atoms with Crippen molar-refractivity contribution in [2.75, 3.05) is 50.8 Å². The van der Waals surface area contributed by atoms with E-state index in [2.05, 4.69) is 67.1 Å². The predicted octanol–water partition coefficient (Wildman–Crippen LogP) is 2.50. The number of hydrogen-bond donors (Lipinski definition) is 2. The highest BCUT2D eigenvalue weighted by Gasteiger charge is 2.35. The Kier molecular flexibility index (Phi) is 6.45. The summed E-state index contributed by atoms with van der Waals surface area (Å²) >= 11 is 0. The van der Waals surface area contributed by atoms with Crippen LogP contribution in [-0.4, -0.2) is 55.9 Å². The van der Waals surface area contributed by atoms with E-state index in [-0.39, 0.29) is 18.1 Å². The van der Waals surface area contributed by atoms with E-state index in [1.54, 1.807) is 0 Å². The van der Waals surface area contributed by atoms with Crippen LogP contribution in [0.15, 0.2) is 24.3 Å². The van der Waals surface area contributed by atoms with Crippen LogP contribution >= 0.6 is 0 Å². The third-order valence-corrected chi connectivity index (χ3v) is 5.00. The van der Waals surface area contributed by atoms with E-state index >= 15 is 0 Å². The highest BCUT2D eigenvalue weighted by molar-refractivity contribution is 5.48. The maximum Gasteiger partial charge on any atom is 0.0500 e. The second kappa shape index (κ2) is 8.13. The molecule has 4 nitrogen and oxygen atoms in total. The van der Waals surface area contributed by atoms with Crippen LogP contribution in [0.3, 0.4) is 0 Å². The number of hydrogen-bond acceptors (Lipinski definition) is 4. The fraction of sp³-hybridized carbons (Fsp3) is 0.684. The second-order valence-corrected chi connectivity index (χ2v) is 7.10.